The second-order valence-electron chi connectivity index (χ2n) is 2.06. The molecular weight excluding hydrogens is 188 g/mol. The minimum Gasteiger partial charge on any atom is -0.612 e. The standard InChI is InChI=1S/C9H12O3S/c1-3-6-12-9(10)5-8-13(11)7-4-2/h3-5,8H,1-2,6-7H2. The lowest BCUT2D eigenvalue weighted by Crippen LogP contribution is -2.03. The van der Waals surface area contributed by atoms with Crippen LogP contribution in [0.15, 0.2) is 36.8 Å². The second kappa shape index (κ2) is 7.64. The van der Waals surface area contributed by atoms with Crippen LogP contribution in [-0.2, 0) is 20.7 Å². The molecule has 0 saturated carbocycles. The smallest absolute Gasteiger partial charge is 0.335 e. The van der Waals surface area contributed by atoms with Crippen molar-refractivity contribution in [3.8, 4) is 0 Å². The van der Waals surface area contributed by atoms with Gasteiger partial charge in [0.25, 0.3) is 0 Å². The molecule has 3 nitrogen and oxygen atoms in total. The van der Waals surface area contributed by atoms with Crippen molar-refractivity contribution in [3.05, 3.63) is 36.8 Å². The van der Waals surface area contributed by atoms with E-state index in [1.54, 1.807) is 0 Å². The number of rotatable bonds is 6. The van der Waals surface area contributed by atoms with E-state index in [0.29, 0.717) is 5.75 Å². The van der Waals surface area contributed by atoms with Gasteiger partial charge in [-0.1, -0.05) is 19.2 Å². The highest BCUT2D eigenvalue weighted by Crippen LogP contribution is 1.93. The van der Waals surface area contributed by atoms with Crippen LogP contribution in [0.4, 0.5) is 0 Å². The number of hydrogen-bond acceptors (Lipinski definition) is 3. The SMILES string of the molecule is C=CCOC(=O)C=C[S+]([O-])CC=C. The van der Waals surface area contributed by atoms with Crippen LogP contribution in [0, 0.1) is 0 Å². The largest absolute Gasteiger partial charge is 0.612 e. The highest BCUT2D eigenvalue weighted by Gasteiger charge is 1.99. The quantitative estimate of drug-likeness (QED) is 0.280. The predicted molar refractivity (Wildman–Crippen MR) is 53.5 cm³/mol. The van der Waals surface area contributed by atoms with Crippen molar-refractivity contribution in [1.82, 2.24) is 0 Å². The molecule has 13 heavy (non-hydrogen) atoms. The summed E-state index contributed by atoms with van der Waals surface area (Å²) in [6.45, 7) is 6.97. The minimum atomic E-state index is -1.17. The third-order valence-corrected chi connectivity index (χ3v) is 1.99. The molecule has 1 atom stereocenters. The van der Waals surface area contributed by atoms with Gasteiger partial charge in [0.2, 0.25) is 0 Å². The zero-order valence-electron chi connectivity index (χ0n) is 7.27. The fourth-order valence-electron chi connectivity index (χ4n) is 0.492. The number of esters is 1. The summed E-state index contributed by atoms with van der Waals surface area (Å²) >= 11 is -1.17. The Morgan fingerprint density at radius 1 is 1.46 bits per heavy atom. The van der Waals surface area contributed by atoms with Crippen LogP contribution in [0.5, 0.6) is 0 Å². The lowest BCUT2D eigenvalue weighted by molar-refractivity contribution is -0.136. The van der Waals surface area contributed by atoms with Crippen LogP contribution in [0.2, 0.25) is 0 Å². The van der Waals surface area contributed by atoms with Crippen molar-refractivity contribution in [2.45, 2.75) is 0 Å². The van der Waals surface area contributed by atoms with Gasteiger partial charge in [-0.05, 0) is 17.3 Å². The van der Waals surface area contributed by atoms with Crippen molar-refractivity contribution >= 4 is 17.1 Å². The van der Waals surface area contributed by atoms with Crippen LogP contribution in [0.1, 0.15) is 0 Å². The maximum atomic E-state index is 10.9. The average molecular weight is 200 g/mol. The Bertz CT molecular complexity index is 211. The molecule has 0 amide bonds. The van der Waals surface area contributed by atoms with E-state index >= 15 is 0 Å². The molecule has 0 bridgehead atoms. The second-order valence-corrected chi connectivity index (χ2v) is 3.42. The van der Waals surface area contributed by atoms with Gasteiger partial charge >= 0.3 is 5.97 Å². The molecule has 0 radical (unpaired) electrons. The summed E-state index contributed by atoms with van der Waals surface area (Å²) in [5, 5.41) is 1.28. The van der Waals surface area contributed by atoms with E-state index in [4.69, 9.17) is 0 Å². The molecule has 0 aromatic carbocycles. The van der Waals surface area contributed by atoms with Gasteiger partial charge in [0.15, 0.2) is 0 Å². The molecule has 1 unspecified atom stereocenters. The van der Waals surface area contributed by atoms with Crippen molar-refractivity contribution in [1.29, 1.82) is 0 Å². The molecule has 0 fully saturated rings. The Kier molecular flexibility index (Phi) is 7.05. The molecule has 0 aliphatic rings. The summed E-state index contributed by atoms with van der Waals surface area (Å²) in [5.41, 5.74) is 0. The van der Waals surface area contributed by atoms with Crippen LogP contribution < -0.4 is 0 Å². The summed E-state index contributed by atoms with van der Waals surface area (Å²) < 4.78 is 15.6. The van der Waals surface area contributed by atoms with Gasteiger partial charge in [-0.3, -0.25) is 0 Å². The van der Waals surface area contributed by atoms with Crippen molar-refractivity contribution in [2.75, 3.05) is 12.4 Å². The Hall–Kier alpha value is -1.00. The van der Waals surface area contributed by atoms with Gasteiger partial charge in [-0.15, -0.1) is 0 Å². The van der Waals surface area contributed by atoms with Crippen molar-refractivity contribution in [3.63, 3.8) is 0 Å². The van der Waals surface area contributed by atoms with Crippen LogP contribution in [0.3, 0.4) is 0 Å². The van der Waals surface area contributed by atoms with Gasteiger partial charge in [-0.2, -0.15) is 0 Å². The van der Waals surface area contributed by atoms with Crippen LogP contribution in [0.25, 0.3) is 0 Å². The van der Waals surface area contributed by atoms with Crippen LogP contribution in [-0.4, -0.2) is 22.9 Å². The maximum Gasteiger partial charge on any atom is 0.335 e. The molecule has 0 saturated heterocycles. The number of hydrogen-bond donors (Lipinski definition) is 0. The first-order chi connectivity index (χ1) is 6.20. The summed E-state index contributed by atoms with van der Waals surface area (Å²) in [4.78, 5) is 10.8. The Morgan fingerprint density at radius 3 is 2.69 bits per heavy atom. The molecule has 0 rings (SSSR count). The molecule has 0 N–H and O–H groups in total. The molecule has 0 aromatic rings. The summed E-state index contributed by atoms with van der Waals surface area (Å²) in [6.07, 6.45) is 4.13. The van der Waals surface area contributed by atoms with E-state index in [2.05, 4.69) is 17.9 Å². The summed E-state index contributed by atoms with van der Waals surface area (Å²) in [5.74, 6) is -0.178. The van der Waals surface area contributed by atoms with E-state index in [-0.39, 0.29) is 6.61 Å². The first kappa shape index (κ1) is 12.0. The van der Waals surface area contributed by atoms with E-state index in [1.165, 1.54) is 17.6 Å². The van der Waals surface area contributed by atoms with E-state index in [9.17, 15) is 9.35 Å². The monoisotopic (exact) mass is 200 g/mol. The minimum absolute atomic E-state index is 0.164. The molecule has 0 aromatic heterocycles. The Morgan fingerprint density at radius 2 is 2.15 bits per heavy atom. The third-order valence-electron chi connectivity index (χ3n) is 0.981. The summed E-state index contributed by atoms with van der Waals surface area (Å²) in [7, 11) is 0. The molecular formula is C9H12O3S. The number of carbonyl (C=O) groups is 1. The molecule has 0 heterocycles. The lowest BCUT2D eigenvalue weighted by Gasteiger charge is -2.00. The number of carbonyl (C=O) groups excluding carboxylic acids is 1. The Balaban J connectivity index is 3.74. The lowest BCUT2D eigenvalue weighted by atomic mass is 10.6. The summed E-state index contributed by atoms with van der Waals surface area (Å²) in [6, 6.07) is 0. The van der Waals surface area contributed by atoms with Crippen molar-refractivity contribution in [2.24, 2.45) is 0 Å². The molecule has 0 aliphatic heterocycles. The third kappa shape index (κ3) is 7.36. The van der Waals surface area contributed by atoms with Crippen molar-refractivity contribution < 1.29 is 14.1 Å². The van der Waals surface area contributed by atoms with E-state index in [1.807, 2.05) is 0 Å². The highest BCUT2D eigenvalue weighted by molar-refractivity contribution is 7.94. The van der Waals surface area contributed by atoms with Gasteiger partial charge in [0, 0.05) is 0 Å². The fraction of sp³-hybridized carbons (Fsp3) is 0.222. The number of ether oxygens (including phenoxy) is 1. The molecule has 0 aliphatic carbocycles. The molecule has 4 heteroatoms. The van der Waals surface area contributed by atoms with E-state index in [0.717, 1.165) is 6.08 Å². The Labute approximate surface area is 81.0 Å². The highest BCUT2D eigenvalue weighted by atomic mass is 32.2. The van der Waals surface area contributed by atoms with Gasteiger partial charge in [0.1, 0.15) is 17.8 Å². The van der Waals surface area contributed by atoms with Gasteiger partial charge in [0.05, 0.1) is 6.08 Å². The van der Waals surface area contributed by atoms with Crippen LogP contribution >= 0.6 is 0 Å². The fourth-order valence-corrected chi connectivity index (χ4v) is 1.10. The average Bonchev–Trinajstić information content (AvgIpc) is 2.12. The van der Waals surface area contributed by atoms with E-state index < -0.39 is 17.1 Å². The molecule has 0 spiro atoms. The normalized spacial score (nSPS) is 12.4. The predicted octanol–water partition coefficient (Wildman–Crippen LogP) is 1.16. The first-order valence-electron chi connectivity index (χ1n) is 3.64. The van der Waals surface area contributed by atoms with Gasteiger partial charge < -0.3 is 9.29 Å². The zero-order valence-corrected chi connectivity index (χ0v) is 8.09. The first-order valence-corrected chi connectivity index (χ1v) is 5.03. The maximum absolute atomic E-state index is 10.9. The van der Waals surface area contributed by atoms with Gasteiger partial charge in [-0.25, -0.2) is 4.79 Å². The topological polar surface area (TPSA) is 49.4 Å². The molecule has 72 valence electrons. The zero-order chi connectivity index (χ0) is 10.1.